The highest BCUT2D eigenvalue weighted by atomic mass is 19.1. The molecule has 0 radical (unpaired) electrons. The van der Waals surface area contributed by atoms with Crippen molar-refractivity contribution in [2.75, 3.05) is 0 Å². The number of nitrogens with two attached hydrogens (primary N) is 1. The third-order valence-corrected chi connectivity index (χ3v) is 4.04. The van der Waals surface area contributed by atoms with Crippen molar-refractivity contribution in [2.24, 2.45) is 10.8 Å². The van der Waals surface area contributed by atoms with Gasteiger partial charge in [0.2, 0.25) is 5.78 Å². The summed E-state index contributed by atoms with van der Waals surface area (Å²) in [6.45, 7) is 1.74. The van der Waals surface area contributed by atoms with Crippen molar-refractivity contribution in [3.63, 3.8) is 0 Å². The van der Waals surface area contributed by atoms with E-state index >= 15 is 0 Å². The number of amides is 2. The van der Waals surface area contributed by atoms with Gasteiger partial charge in [-0.25, -0.2) is 9.82 Å². The molecule has 0 bridgehead atoms. The number of hydrogen-bond acceptors (Lipinski definition) is 4. The Hall–Kier alpha value is -3.81. The molecule has 0 saturated carbocycles. The van der Waals surface area contributed by atoms with Gasteiger partial charge in [0.1, 0.15) is 5.82 Å². The first kappa shape index (κ1) is 18.0. The van der Waals surface area contributed by atoms with Crippen molar-refractivity contribution in [1.29, 1.82) is 0 Å². The topological polar surface area (TPSA) is 106 Å². The maximum Gasteiger partial charge on any atom is 0.329 e. The highest BCUT2D eigenvalue weighted by molar-refractivity contribution is 6.34. The first-order valence-corrected chi connectivity index (χ1v) is 7.93. The number of ketones is 1. The lowest BCUT2D eigenvalue weighted by atomic mass is 10.0. The first-order chi connectivity index (χ1) is 12.9. The van der Waals surface area contributed by atoms with Gasteiger partial charge in [0.05, 0.1) is 17.4 Å². The normalized spacial score (nSPS) is 11.0. The van der Waals surface area contributed by atoms with Gasteiger partial charge >= 0.3 is 11.8 Å². The lowest BCUT2D eigenvalue weighted by Crippen LogP contribution is -2.32. The van der Waals surface area contributed by atoms with Gasteiger partial charge in [-0.2, -0.15) is 5.10 Å². The fraction of sp³-hybridized carbons (Fsp3) is 0.0526. The van der Waals surface area contributed by atoms with Crippen LogP contribution in [0.5, 0.6) is 0 Å². The minimum atomic E-state index is -1.15. The summed E-state index contributed by atoms with van der Waals surface area (Å²) in [4.78, 5) is 34.9. The molecule has 2 heterocycles. The molecule has 0 aliphatic carbocycles. The second-order valence-corrected chi connectivity index (χ2v) is 5.74. The average Bonchev–Trinajstić information content (AvgIpc) is 2.93. The maximum absolute atomic E-state index is 13.1. The fourth-order valence-electron chi connectivity index (χ4n) is 2.75. The zero-order valence-corrected chi connectivity index (χ0v) is 14.3. The van der Waals surface area contributed by atoms with Crippen LogP contribution in [0.4, 0.5) is 4.39 Å². The predicted octanol–water partition coefficient (Wildman–Crippen LogP) is 1.55. The standard InChI is InChI=1S/C19H15FN4O3/c1-11-14(10-22-23-19(27)18(21)26)15-4-2-3-9-24(15)16(11)17(25)12-5-7-13(20)8-6-12/h2-10H,1H3,(H2,21,26)(H,23,27)/b22-10+. The summed E-state index contributed by atoms with van der Waals surface area (Å²) in [5.74, 6) is -2.91. The van der Waals surface area contributed by atoms with Crippen LogP contribution >= 0.6 is 0 Å². The zero-order valence-electron chi connectivity index (χ0n) is 14.3. The maximum atomic E-state index is 13.1. The van der Waals surface area contributed by atoms with Crippen molar-refractivity contribution in [2.45, 2.75) is 6.92 Å². The Kier molecular flexibility index (Phi) is 4.80. The molecule has 3 rings (SSSR count). The van der Waals surface area contributed by atoms with E-state index in [4.69, 9.17) is 5.73 Å². The molecule has 0 aliphatic rings. The summed E-state index contributed by atoms with van der Waals surface area (Å²) in [5, 5.41) is 3.73. The number of nitrogens with one attached hydrogen (secondary N) is 1. The van der Waals surface area contributed by atoms with E-state index in [1.807, 2.05) is 5.43 Å². The van der Waals surface area contributed by atoms with E-state index in [-0.39, 0.29) is 5.78 Å². The minimum Gasteiger partial charge on any atom is -0.361 e. The monoisotopic (exact) mass is 366 g/mol. The summed E-state index contributed by atoms with van der Waals surface area (Å²) < 4.78 is 14.8. The number of fused-ring (bicyclic) bond motifs is 1. The van der Waals surface area contributed by atoms with E-state index in [0.717, 1.165) is 0 Å². The summed E-state index contributed by atoms with van der Waals surface area (Å²) in [6, 6.07) is 10.6. The number of primary amides is 1. The Bertz CT molecular complexity index is 1080. The Morgan fingerprint density at radius 3 is 2.52 bits per heavy atom. The molecule has 1 aromatic carbocycles. The molecule has 2 aromatic heterocycles. The quantitative estimate of drug-likeness (QED) is 0.317. The molecule has 136 valence electrons. The molecule has 2 amide bonds. The summed E-state index contributed by atoms with van der Waals surface area (Å²) in [7, 11) is 0. The number of aromatic nitrogens is 1. The van der Waals surface area contributed by atoms with Crippen molar-refractivity contribution in [3.05, 3.63) is 76.9 Å². The Labute approximate surface area is 153 Å². The number of benzene rings is 1. The van der Waals surface area contributed by atoms with E-state index < -0.39 is 17.6 Å². The number of rotatable bonds is 4. The lowest BCUT2D eigenvalue weighted by molar-refractivity contribution is -0.137. The molecule has 27 heavy (non-hydrogen) atoms. The molecule has 0 aliphatic heterocycles. The average molecular weight is 366 g/mol. The van der Waals surface area contributed by atoms with Crippen LogP contribution in [0.15, 0.2) is 53.8 Å². The van der Waals surface area contributed by atoms with Crippen molar-refractivity contribution in [3.8, 4) is 0 Å². The highest BCUT2D eigenvalue weighted by Gasteiger charge is 2.21. The number of carbonyl (C=O) groups is 3. The SMILES string of the molecule is Cc1c(/C=N/NC(=O)C(N)=O)c2ccccn2c1C(=O)c1ccc(F)cc1. The molecule has 0 saturated heterocycles. The van der Waals surface area contributed by atoms with E-state index in [0.29, 0.717) is 27.9 Å². The number of carbonyl (C=O) groups excluding carboxylic acids is 3. The third kappa shape index (κ3) is 3.45. The molecule has 8 heteroatoms. The number of hydrogen-bond donors (Lipinski definition) is 2. The van der Waals surface area contributed by atoms with Gasteiger partial charge in [0, 0.05) is 17.3 Å². The number of hydrazone groups is 1. The minimum absolute atomic E-state index is 0.283. The molecular formula is C19H15FN4O3. The van der Waals surface area contributed by atoms with Crippen LogP contribution in [0.25, 0.3) is 5.52 Å². The van der Waals surface area contributed by atoms with Gasteiger partial charge in [-0.1, -0.05) is 6.07 Å². The number of pyridine rings is 1. The van der Waals surface area contributed by atoms with Gasteiger partial charge in [-0.05, 0) is 48.9 Å². The Morgan fingerprint density at radius 1 is 1.15 bits per heavy atom. The fourth-order valence-corrected chi connectivity index (χ4v) is 2.75. The van der Waals surface area contributed by atoms with E-state index in [1.54, 1.807) is 35.7 Å². The Balaban J connectivity index is 2.07. The molecular weight excluding hydrogens is 351 g/mol. The first-order valence-electron chi connectivity index (χ1n) is 7.93. The van der Waals surface area contributed by atoms with Crippen LogP contribution in [0.3, 0.4) is 0 Å². The summed E-state index contributed by atoms with van der Waals surface area (Å²) in [5.41, 5.74) is 9.49. The van der Waals surface area contributed by atoms with Crippen LogP contribution in [0.2, 0.25) is 0 Å². The van der Waals surface area contributed by atoms with Crippen LogP contribution in [-0.4, -0.2) is 28.2 Å². The van der Waals surface area contributed by atoms with E-state index in [9.17, 15) is 18.8 Å². The second kappa shape index (κ2) is 7.20. The molecule has 0 fully saturated rings. The molecule has 7 nitrogen and oxygen atoms in total. The predicted molar refractivity (Wildman–Crippen MR) is 96.9 cm³/mol. The van der Waals surface area contributed by atoms with Crippen LogP contribution in [0, 0.1) is 12.7 Å². The van der Waals surface area contributed by atoms with Gasteiger partial charge in [0.15, 0.2) is 0 Å². The molecule has 0 spiro atoms. The summed E-state index contributed by atoms with van der Waals surface area (Å²) >= 11 is 0. The van der Waals surface area contributed by atoms with Gasteiger partial charge in [0.25, 0.3) is 0 Å². The van der Waals surface area contributed by atoms with E-state index in [1.165, 1.54) is 30.5 Å². The lowest BCUT2D eigenvalue weighted by Gasteiger charge is -2.04. The molecule has 0 unspecified atom stereocenters. The molecule has 3 N–H and O–H groups in total. The van der Waals surface area contributed by atoms with E-state index in [2.05, 4.69) is 5.10 Å². The Morgan fingerprint density at radius 2 is 1.85 bits per heavy atom. The third-order valence-electron chi connectivity index (χ3n) is 4.04. The number of nitrogens with zero attached hydrogens (tertiary/aromatic N) is 2. The summed E-state index contributed by atoms with van der Waals surface area (Å²) in [6.07, 6.45) is 3.06. The van der Waals surface area contributed by atoms with Crippen molar-refractivity contribution >= 4 is 29.3 Å². The van der Waals surface area contributed by atoms with Crippen LogP contribution in [-0.2, 0) is 9.59 Å². The van der Waals surface area contributed by atoms with Gasteiger partial charge in [-0.3, -0.25) is 14.4 Å². The smallest absolute Gasteiger partial charge is 0.329 e. The number of halogens is 1. The van der Waals surface area contributed by atoms with Crippen molar-refractivity contribution in [1.82, 2.24) is 9.83 Å². The largest absolute Gasteiger partial charge is 0.361 e. The zero-order chi connectivity index (χ0) is 19.6. The second-order valence-electron chi connectivity index (χ2n) is 5.74. The van der Waals surface area contributed by atoms with Crippen molar-refractivity contribution < 1.29 is 18.8 Å². The molecule has 0 atom stereocenters. The van der Waals surface area contributed by atoms with Crippen LogP contribution in [0.1, 0.15) is 27.2 Å². The van der Waals surface area contributed by atoms with Gasteiger partial charge < -0.3 is 10.1 Å². The molecule has 3 aromatic rings. The highest BCUT2D eigenvalue weighted by Crippen LogP contribution is 2.24. The van der Waals surface area contributed by atoms with Crippen LogP contribution < -0.4 is 11.2 Å². The van der Waals surface area contributed by atoms with Gasteiger partial charge in [-0.15, -0.1) is 0 Å².